The SMILES string of the molecule is O=C[C@H](CC(=O)O)N(C=O)c1ccc(C(C(=O)N2CCSC2)c2ccccc2)c2ccccc12. The van der Waals surface area contributed by atoms with E-state index in [0.717, 1.165) is 27.2 Å². The molecule has 174 valence electrons. The average molecular weight is 477 g/mol. The van der Waals surface area contributed by atoms with Crippen molar-refractivity contribution in [2.45, 2.75) is 18.4 Å². The molecule has 3 aromatic rings. The van der Waals surface area contributed by atoms with Crippen LogP contribution in [0.15, 0.2) is 66.7 Å². The molecule has 34 heavy (non-hydrogen) atoms. The highest BCUT2D eigenvalue weighted by Crippen LogP contribution is 2.37. The first kappa shape index (κ1) is 23.5. The minimum atomic E-state index is -1.18. The van der Waals surface area contributed by atoms with E-state index in [-0.39, 0.29) is 5.91 Å². The van der Waals surface area contributed by atoms with Crippen molar-refractivity contribution in [3.8, 4) is 0 Å². The van der Waals surface area contributed by atoms with Gasteiger partial charge in [-0.05, 0) is 22.6 Å². The molecule has 1 unspecified atom stereocenters. The molecular formula is C26H24N2O5S. The van der Waals surface area contributed by atoms with Crippen molar-refractivity contribution < 1.29 is 24.3 Å². The number of anilines is 1. The molecule has 8 heteroatoms. The number of carbonyl (C=O) groups excluding carboxylic acids is 3. The molecule has 0 aromatic heterocycles. The van der Waals surface area contributed by atoms with Crippen LogP contribution in [0.5, 0.6) is 0 Å². The molecule has 1 aliphatic rings. The van der Waals surface area contributed by atoms with Crippen LogP contribution in [0.4, 0.5) is 5.69 Å². The number of carboxylic acid groups (broad SMARTS) is 1. The second-order valence-electron chi connectivity index (χ2n) is 8.02. The quantitative estimate of drug-likeness (QED) is 0.475. The number of carbonyl (C=O) groups is 4. The highest BCUT2D eigenvalue weighted by molar-refractivity contribution is 7.99. The number of carboxylic acids is 1. The lowest BCUT2D eigenvalue weighted by Crippen LogP contribution is -2.37. The van der Waals surface area contributed by atoms with E-state index in [1.807, 2.05) is 59.5 Å². The molecule has 7 nitrogen and oxygen atoms in total. The minimum absolute atomic E-state index is 0.0120. The second-order valence-corrected chi connectivity index (χ2v) is 9.09. The fourth-order valence-electron chi connectivity index (χ4n) is 4.36. The van der Waals surface area contributed by atoms with Crippen molar-refractivity contribution >= 4 is 52.8 Å². The summed E-state index contributed by atoms with van der Waals surface area (Å²) in [5.41, 5.74) is 2.08. The Kier molecular flexibility index (Phi) is 7.27. The Morgan fingerprint density at radius 3 is 2.32 bits per heavy atom. The maximum atomic E-state index is 13.7. The standard InChI is InChI=1S/C26H24N2O5S/c29-15-19(14-24(31)32)28(16-30)23-11-10-22(20-8-4-5-9-21(20)23)25(18-6-2-1-3-7-18)26(33)27-12-13-34-17-27/h1-11,15-16,19,25H,12-14,17H2,(H,31,32)/t19-,25?/m0/s1. The summed E-state index contributed by atoms with van der Waals surface area (Å²) in [6.45, 7) is 0.692. The van der Waals surface area contributed by atoms with Crippen LogP contribution in [0.3, 0.4) is 0 Å². The zero-order chi connectivity index (χ0) is 24.1. The fraction of sp³-hybridized carbons (Fsp3) is 0.231. The van der Waals surface area contributed by atoms with E-state index >= 15 is 0 Å². The van der Waals surface area contributed by atoms with Crippen LogP contribution < -0.4 is 4.90 Å². The Labute approximate surface area is 201 Å². The molecule has 1 saturated heterocycles. The molecule has 0 spiro atoms. The lowest BCUT2D eigenvalue weighted by Gasteiger charge is -2.28. The van der Waals surface area contributed by atoms with Gasteiger partial charge in [0.15, 0.2) is 0 Å². The molecule has 1 fully saturated rings. The van der Waals surface area contributed by atoms with E-state index in [2.05, 4.69) is 0 Å². The van der Waals surface area contributed by atoms with Gasteiger partial charge in [0.25, 0.3) is 0 Å². The Morgan fingerprint density at radius 1 is 1.00 bits per heavy atom. The molecule has 0 bridgehead atoms. The monoisotopic (exact) mass is 476 g/mol. The zero-order valence-corrected chi connectivity index (χ0v) is 19.2. The van der Waals surface area contributed by atoms with Gasteiger partial charge in [-0.25, -0.2) is 0 Å². The number of hydrogen-bond acceptors (Lipinski definition) is 5. The number of benzene rings is 3. The van der Waals surface area contributed by atoms with Crippen molar-refractivity contribution in [2.75, 3.05) is 23.1 Å². The summed E-state index contributed by atoms with van der Waals surface area (Å²) in [7, 11) is 0. The molecule has 1 N–H and O–H groups in total. The maximum absolute atomic E-state index is 13.7. The normalized spacial score (nSPS) is 15.0. The van der Waals surface area contributed by atoms with E-state index in [1.165, 1.54) is 0 Å². The topological polar surface area (TPSA) is 95.0 Å². The van der Waals surface area contributed by atoms with Gasteiger partial charge in [-0.2, -0.15) is 0 Å². The summed E-state index contributed by atoms with van der Waals surface area (Å²) in [5, 5.41) is 10.6. The second kappa shape index (κ2) is 10.5. The molecule has 1 heterocycles. The number of rotatable bonds is 9. The molecule has 1 aliphatic heterocycles. The van der Waals surface area contributed by atoms with E-state index < -0.39 is 24.3 Å². The van der Waals surface area contributed by atoms with Gasteiger partial charge in [0.1, 0.15) is 12.3 Å². The number of aldehydes is 1. The average Bonchev–Trinajstić information content (AvgIpc) is 3.40. The molecule has 2 atom stereocenters. The number of amides is 2. The third-order valence-electron chi connectivity index (χ3n) is 5.98. The van der Waals surface area contributed by atoms with E-state index in [9.17, 15) is 24.3 Å². The molecule has 0 saturated carbocycles. The number of nitrogens with zero attached hydrogens (tertiary/aromatic N) is 2. The van der Waals surface area contributed by atoms with Gasteiger partial charge in [-0.1, -0.05) is 60.7 Å². The maximum Gasteiger partial charge on any atom is 0.305 e. The van der Waals surface area contributed by atoms with Crippen molar-refractivity contribution in [1.82, 2.24) is 4.90 Å². The van der Waals surface area contributed by atoms with Crippen LogP contribution in [0, 0.1) is 0 Å². The summed E-state index contributed by atoms with van der Waals surface area (Å²) < 4.78 is 0. The Morgan fingerprint density at radius 2 is 1.71 bits per heavy atom. The predicted octanol–water partition coefficient (Wildman–Crippen LogP) is 3.51. The van der Waals surface area contributed by atoms with Gasteiger partial charge in [0, 0.05) is 17.7 Å². The Hall–Kier alpha value is -3.65. The van der Waals surface area contributed by atoms with Gasteiger partial charge in [0.05, 0.1) is 23.9 Å². The lowest BCUT2D eigenvalue weighted by atomic mass is 9.86. The smallest absolute Gasteiger partial charge is 0.305 e. The summed E-state index contributed by atoms with van der Waals surface area (Å²) in [6, 6.07) is 19.3. The highest BCUT2D eigenvalue weighted by atomic mass is 32.2. The van der Waals surface area contributed by atoms with E-state index in [0.29, 0.717) is 36.2 Å². The number of thioether (sulfide) groups is 1. The van der Waals surface area contributed by atoms with E-state index in [4.69, 9.17) is 0 Å². The first-order valence-corrected chi connectivity index (χ1v) is 12.0. The third kappa shape index (κ3) is 4.68. The summed E-state index contributed by atoms with van der Waals surface area (Å²) in [6.07, 6.45) is 0.438. The molecule has 3 aromatic carbocycles. The number of fused-ring (bicyclic) bond motifs is 1. The number of hydrogen-bond donors (Lipinski definition) is 1. The summed E-state index contributed by atoms with van der Waals surface area (Å²) >= 11 is 1.72. The van der Waals surface area contributed by atoms with Crippen molar-refractivity contribution in [1.29, 1.82) is 0 Å². The Balaban J connectivity index is 1.87. The van der Waals surface area contributed by atoms with E-state index in [1.54, 1.807) is 23.9 Å². The van der Waals surface area contributed by atoms with Crippen LogP contribution in [0.1, 0.15) is 23.5 Å². The van der Waals surface area contributed by atoms with Crippen LogP contribution in [0.25, 0.3) is 10.8 Å². The first-order chi connectivity index (χ1) is 16.5. The van der Waals surface area contributed by atoms with Gasteiger partial charge >= 0.3 is 5.97 Å². The largest absolute Gasteiger partial charge is 0.481 e. The van der Waals surface area contributed by atoms with Crippen molar-refractivity contribution in [3.05, 3.63) is 77.9 Å². The fourth-order valence-corrected chi connectivity index (χ4v) is 5.31. The van der Waals surface area contributed by atoms with Crippen LogP contribution in [0.2, 0.25) is 0 Å². The van der Waals surface area contributed by atoms with Gasteiger partial charge in [-0.15, -0.1) is 11.8 Å². The molecule has 2 amide bonds. The van der Waals surface area contributed by atoms with Crippen molar-refractivity contribution in [3.63, 3.8) is 0 Å². The molecule has 0 radical (unpaired) electrons. The zero-order valence-electron chi connectivity index (χ0n) is 18.4. The summed E-state index contributed by atoms with van der Waals surface area (Å²) in [4.78, 5) is 51.5. The lowest BCUT2D eigenvalue weighted by molar-refractivity contribution is -0.138. The van der Waals surface area contributed by atoms with Crippen LogP contribution in [-0.4, -0.2) is 58.8 Å². The molecule has 4 rings (SSSR count). The predicted molar refractivity (Wildman–Crippen MR) is 132 cm³/mol. The van der Waals surface area contributed by atoms with Crippen LogP contribution in [-0.2, 0) is 19.2 Å². The summed E-state index contributed by atoms with van der Waals surface area (Å²) in [5.74, 6) is -0.156. The van der Waals surface area contributed by atoms with Gasteiger partial charge in [0.2, 0.25) is 12.3 Å². The third-order valence-corrected chi connectivity index (χ3v) is 6.95. The van der Waals surface area contributed by atoms with Crippen molar-refractivity contribution in [2.24, 2.45) is 0 Å². The molecule has 0 aliphatic carbocycles. The highest BCUT2D eigenvalue weighted by Gasteiger charge is 2.31. The van der Waals surface area contributed by atoms with Gasteiger partial charge < -0.3 is 19.7 Å². The first-order valence-electron chi connectivity index (χ1n) is 10.9. The van der Waals surface area contributed by atoms with Gasteiger partial charge in [-0.3, -0.25) is 14.4 Å². The van der Waals surface area contributed by atoms with Crippen LogP contribution >= 0.6 is 11.8 Å². The molecular weight excluding hydrogens is 452 g/mol. The Bertz CT molecular complexity index is 1210. The number of aliphatic carboxylic acids is 1. The minimum Gasteiger partial charge on any atom is -0.481 e.